The summed E-state index contributed by atoms with van der Waals surface area (Å²) in [6.45, 7) is 3.61. The van der Waals surface area contributed by atoms with Gasteiger partial charge in [0.05, 0.1) is 12.6 Å². The number of furan rings is 1. The number of benzene rings is 3. The molecule has 206 valence electrons. The zero-order chi connectivity index (χ0) is 27.5. The Labute approximate surface area is 233 Å². The second kappa shape index (κ2) is 11.4. The lowest BCUT2D eigenvalue weighted by atomic mass is 10.1. The molecule has 1 unspecified atom stereocenters. The van der Waals surface area contributed by atoms with Gasteiger partial charge in [-0.15, -0.1) is 0 Å². The van der Waals surface area contributed by atoms with Crippen LogP contribution in [0.4, 0.5) is 0 Å². The molecule has 3 heterocycles. The Balaban J connectivity index is 1.26. The molecule has 0 bridgehead atoms. The van der Waals surface area contributed by atoms with Crippen LogP contribution in [-0.4, -0.2) is 54.2 Å². The maximum atomic E-state index is 13.9. The smallest absolute Gasteiger partial charge is 0.254 e. The first kappa shape index (κ1) is 26.0. The van der Waals surface area contributed by atoms with Gasteiger partial charge in [-0.3, -0.25) is 9.59 Å². The van der Waals surface area contributed by atoms with Crippen LogP contribution >= 0.6 is 0 Å². The van der Waals surface area contributed by atoms with Crippen molar-refractivity contribution < 1.29 is 28.2 Å². The van der Waals surface area contributed by atoms with Crippen molar-refractivity contribution in [3.63, 3.8) is 0 Å². The summed E-state index contributed by atoms with van der Waals surface area (Å²) in [5, 5.41) is 2.04. The number of carbonyl (C=O) groups excluding carboxylic acids is 2. The summed E-state index contributed by atoms with van der Waals surface area (Å²) in [4.78, 5) is 31.1. The average molecular weight is 541 g/mol. The Morgan fingerprint density at radius 1 is 0.875 bits per heavy atom. The van der Waals surface area contributed by atoms with E-state index in [4.69, 9.17) is 18.6 Å². The number of hydrogen-bond donors (Lipinski definition) is 0. The van der Waals surface area contributed by atoms with Gasteiger partial charge in [0.2, 0.25) is 12.7 Å². The van der Waals surface area contributed by atoms with Gasteiger partial charge in [0.25, 0.3) is 5.91 Å². The summed E-state index contributed by atoms with van der Waals surface area (Å²) in [5.74, 6) is 2.43. The largest absolute Gasteiger partial charge is 0.464 e. The maximum absolute atomic E-state index is 13.9. The third kappa shape index (κ3) is 5.82. The minimum absolute atomic E-state index is 0.0736. The van der Waals surface area contributed by atoms with E-state index in [1.807, 2.05) is 79.7 Å². The van der Waals surface area contributed by atoms with Crippen LogP contribution < -0.4 is 9.47 Å². The van der Waals surface area contributed by atoms with E-state index in [1.54, 1.807) is 9.80 Å². The second-order valence-electron chi connectivity index (χ2n) is 10.3. The first-order chi connectivity index (χ1) is 19.5. The molecule has 0 aliphatic carbocycles. The highest BCUT2D eigenvalue weighted by Gasteiger charge is 2.28. The molecule has 3 aromatic carbocycles. The summed E-state index contributed by atoms with van der Waals surface area (Å²) in [6, 6.07) is 23.0. The average Bonchev–Trinajstić information content (AvgIpc) is 3.74. The number of rotatable bonds is 9. The van der Waals surface area contributed by atoms with E-state index in [0.29, 0.717) is 42.5 Å². The molecule has 0 spiro atoms. The van der Waals surface area contributed by atoms with Crippen LogP contribution in [0.25, 0.3) is 10.8 Å². The van der Waals surface area contributed by atoms with Gasteiger partial charge in [-0.1, -0.05) is 36.4 Å². The quantitative estimate of drug-likeness (QED) is 0.286. The van der Waals surface area contributed by atoms with Crippen molar-refractivity contribution in [1.82, 2.24) is 9.80 Å². The summed E-state index contributed by atoms with van der Waals surface area (Å²) >= 11 is 0. The van der Waals surface area contributed by atoms with E-state index in [0.717, 1.165) is 34.9 Å². The van der Waals surface area contributed by atoms with E-state index in [-0.39, 0.29) is 37.8 Å². The summed E-state index contributed by atoms with van der Waals surface area (Å²) in [6.07, 6.45) is 1.72. The highest BCUT2D eigenvalue weighted by Crippen LogP contribution is 2.33. The Morgan fingerprint density at radius 3 is 2.52 bits per heavy atom. The highest BCUT2D eigenvalue weighted by atomic mass is 16.7. The third-order valence-electron chi connectivity index (χ3n) is 7.36. The second-order valence-corrected chi connectivity index (χ2v) is 10.3. The van der Waals surface area contributed by atoms with Crippen LogP contribution in [0.5, 0.6) is 11.5 Å². The van der Waals surface area contributed by atoms with Crippen molar-refractivity contribution >= 4 is 22.6 Å². The molecule has 2 amide bonds. The summed E-state index contributed by atoms with van der Waals surface area (Å²) in [5.41, 5.74) is 1.45. The number of hydrogen-bond acceptors (Lipinski definition) is 6. The normalized spacial score (nSPS) is 15.9. The van der Waals surface area contributed by atoms with E-state index in [1.165, 1.54) is 0 Å². The van der Waals surface area contributed by atoms with Gasteiger partial charge in [-0.05, 0) is 72.5 Å². The van der Waals surface area contributed by atoms with Gasteiger partial charge in [0.15, 0.2) is 11.5 Å². The minimum atomic E-state index is -0.188. The van der Waals surface area contributed by atoms with Gasteiger partial charge in [-0.2, -0.15) is 0 Å². The molecule has 2 aliphatic heterocycles. The third-order valence-corrected chi connectivity index (χ3v) is 7.36. The molecule has 4 aromatic rings. The number of nitrogens with zero attached hydrogens (tertiary/aromatic N) is 2. The zero-order valence-electron chi connectivity index (χ0n) is 22.5. The molecular formula is C32H32N2O6. The van der Waals surface area contributed by atoms with Gasteiger partial charge < -0.3 is 28.4 Å². The summed E-state index contributed by atoms with van der Waals surface area (Å²) in [7, 11) is 0. The Bertz CT molecular complexity index is 1520. The molecule has 1 fully saturated rings. The molecule has 0 N–H and O–H groups in total. The van der Waals surface area contributed by atoms with Crippen LogP contribution in [-0.2, 0) is 22.6 Å². The number of fused-ring (bicyclic) bond motifs is 2. The van der Waals surface area contributed by atoms with Crippen molar-refractivity contribution in [2.45, 2.75) is 39.0 Å². The van der Waals surface area contributed by atoms with Crippen molar-refractivity contribution in [3.05, 3.63) is 95.4 Å². The number of ether oxygens (including phenoxy) is 3. The van der Waals surface area contributed by atoms with Gasteiger partial charge in [0.1, 0.15) is 18.1 Å². The van der Waals surface area contributed by atoms with Gasteiger partial charge in [0, 0.05) is 25.3 Å². The Morgan fingerprint density at radius 2 is 1.73 bits per heavy atom. The molecule has 1 atom stereocenters. The molecule has 2 aliphatic rings. The first-order valence-electron chi connectivity index (χ1n) is 13.6. The molecule has 6 rings (SSSR count). The standard InChI is InChI=1S/C32H32N2O6/c1-22-8-12-28(40-22)19-33(17-23-9-13-29-30(15-23)39-21-38-29)31(35)20-34(18-27-7-4-14-37-27)32(36)26-11-10-24-5-2-3-6-25(24)16-26/h2-3,5-6,8-13,15-16,27H,4,7,14,17-21H2,1H3. The molecule has 8 heteroatoms. The van der Waals surface area contributed by atoms with Crippen molar-refractivity contribution in [1.29, 1.82) is 0 Å². The van der Waals surface area contributed by atoms with Crippen molar-refractivity contribution in [3.8, 4) is 11.5 Å². The molecule has 1 aromatic heterocycles. The van der Waals surface area contributed by atoms with Crippen LogP contribution in [0, 0.1) is 6.92 Å². The van der Waals surface area contributed by atoms with E-state index in [9.17, 15) is 9.59 Å². The number of amides is 2. The van der Waals surface area contributed by atoms with Crippen LogP contribution in [0.3, 0.4) is 0 Å². The van der Waals surface area contributed by atoms with Crippen LogP contribution in [0.15, 0.2) is 77.2 Å². The number of aryl methyl sites for hydroxylation is 1. The van der Waals surface area contributed by atoms with Gasteiger partial charge >= 0.3 is 0 Å². The van der Waals surface area contributed by atoms with E-state index in [2.05, 4.69) is 0 Å². The molecule has 1 saturated heterocycles. The molecule has 8 nitrogen and oxygen atoms in total. The molecule has 40 heavy (non-hydrogen) atoms. The summed E-state index contributed by atoms with van der Waals surface area (Å²) < 4.78 is 22.6. The zero-order valence-corrected chi connectivity index (χ0v) is 22.5. The maximum Gasteiger partial charge on any atom is 0.254 e. The highest BCUT2D eigenvalue weighted by molar-refractivity contribution is 6.00. The van der Waals surface area contributed by atoms with E-state index < -0.39 is 0 Å². The molecule has 0 saturated carbocycles. The van der Waals surface area contributed by atoms with Crippen LogP contribution in [0.1, 0.15) is 40.3 Å². The number of carbonyl (C=O) groups is 2. The lowest BCUT2D eigenvalue weighted by Gasteiger charge is -2.29. The molecule has 0 radical (unpaired) electrons. The molecular weight excluding hydrogens is 508 g/mol. The predicted molar refractivity (Wildman–Crippen MR) is 149 cm³/mol. The fraction of sp³-hybridized carbons (Fsp3) is 0.312. The van der Waals surface area contributed by atoms with Crippen molar-refractivity contribution in [2.75, 3.05) is 26.5 Å². The van der Waals surface area contributed by atoms with E-state index >= 15 is 0 Å². The SMILES string of the molecule is Cc1ccc(CN(Cc2ccc3c(c2)OCO3)C(=O)CN(CC2CCCO2)C(=O)c2ccc3ccccc3c2)o1. The fourth-order valence-electron chi connectivity index (χ4n) is 5.27. The Kier molecular flexibility index (Phi) is 7.42. The van der Waals surface area contributed by atoms with Crippen LogP contribution in [0.2, 0.25) is 0 Å². The first-order valence-corrected chi connectivity index (χ1v) is 13.6. The lowest BCUT2D eigenvalue weighted by Crippen LogP contribution is -2.45. The monoisotopic (exact) mass is 540 g/mol. The minimum Gasteiger partial charge on any atom is -0.464 e. The topological polar surface area (TPSA) is 81.5 Å². The predicted octanol–water partition coefficient (Wildman–Crippen LogP) is 5.32. The Hall–Kier alpha value is -4.30. The fourth-order valence-corrected chi connectivity index (χ4v) is 5.27. The van der Waals surface area contributed by atoms with Crippen molar-refractivity contribution in [2.24, 2.45) is 0 Å². The van der Waals surface area contributed by atoms with Gasteiger partial charge in [-0.25, -0.2) is 0 Å². The lowest BCUT2D eigenvalue weighted by molar-refractivity contribution is -0.133.